The molecule has 0 aliphatic heterocycles. The average molecular weight is 246 g/mol. The van der Waals surface area contributed by atoms with Gasteiger partial charge in [0.2, 0.25) is 0 Å². The van der Waals surface area contributed by atoms with Crippen molar-refractivity contribution in [3.05, 3.63) is 24.3 Å². The predicted molar refractivity (Wildman–Crippen MR) is 73.0 cm³/mol. The van der Waals surface area contributed by atoms with Crippen molar-refractivity contribution in [2.75, 3.05) is 18.0 Å². The van der Waals surface area contributed by atoms with Crippen LogP contribution in [-0.4, -0.2) is 23.9 Å². The summed E-state index contributed by atoms with van der Waals surface area (Å²) in [6.07, 6.45) is 0. The number of para-hydroxylation sites is 2. The summed E-state index contributed by atoms with van der Waals surface area (Å²) in [6, 6.07) is 8.26. The van der Waals surface area contributed by atoms with Crippen LogP contribution in [-0.2, 0) is 0 Å². The molecule has 0 saturated carbocycles. The van der Waals surface area contributed by atoms with E-state index >= 15 is 0 Å². The van der Waals surface area contributed by atoms with E-state index in [1.54, 1.807) is 0 Å². The minimum atomic E-state index is -0.0139. The highest BCUT2D eigenvalue weighted by Gasteiger charge is 2.16. The summed E-state index contributed by atoms with van der Waals surface area (Å²) in [7, 11) is 0. The van der Waals surface area contributed by atoms with Crippen LogP contribution in [0.1, 0.15) is 13.8 Å². The first-order valence-electron chi connectivity index (χ1n) is 6.06. The van der Waals surface area contributed by atoms with Crippen molar-refractivity contribution in [3.63, 3.8) is 0 Å². The van der Waals surface area contributed by atoms with Crippen LogP contribution in [0.4, 0.5) is 6.01 Å². The maximum Gasteiger partial charge on any atom is 0.298 e. The number of hydrogen-bond acceptors (Lipinski definition) is 4. The Labute approximate surface area is 106 Å². The molecule has 2 aromatic rings. The standard InChI is InChI=1S/C13H18N4O/c1-3-17(8-9(2)12(14)15)13-16-10-6-4-5-7-11(10)18-13/h4-7,9H,3,8H2,1-2H3,(H3,14,15). The van der Waals surface area contributed by atoms with Crippen molar-refractivity contribution >= 4 is 22.9 Å². The molecule has 18 heavy (non-hydrogen) atoms. The second-order valence-corrected chi connectivity index (χ2v) is 4.36. The van der Waals surface area contributed by atoms with Crippen molar-refractivity contribution < 1.29 is 4.42 Å². The number of nitrogens with two attached hydrogens (primary N) is 1. The fourth-order valence-electron chi connectivity index (χ4n) is 1.77. The van der Waals surface area contributed by atoms with E-state index in [4.69, 9.17) is 15.6 Å². The van der Waals surface area contributed by atoms with Gasteiger partial charge in [-0.25, -0.2) is 0 Å². The van der Waals surface area contributed by atoms with Crippen molar-refractivity contribution in [1.82, 2.24) is 4.98 Å². The molecule has 0 amide bonds. The maximum absolute atomic E-state index is 7.44. The van der Waals surface area contributed by atoms with Crippen LogP contribution in [0.5, 0.6) is 0 Å². The van der Waals surface area contributed by atoms with Gasteiger partial charge < -0.3 is 15.1 Å². The lowest BCUT2D eigenvalue weighted by Crippen LogP contribution is -2.34. The lowest BCUT2D eigenvalue weighted by atomic mass is 10.1. The summed E-state index contributed by atoms with van der Waals surface area (Å²) < 4.78 is 5.71. The zero-order valence-corrected chi connectivity index (χ0v) is 10.7. The van der Waals surface area contributed by atoms with Gasteiger partial charge in [0.15, 0.2) is 5.58 Å². The van der Waals surface area contributed by atoms with Gasteiger partial charge in [0.25, 0.3) is 6.01 Å². The van der Waals surface area contributed by atoms with Gasteiger partial charge in [-0.15, -0.1) is 0 Å². The third kappa shape index (κ3) is 2.45. The monoisotopic (exact) mass is 246 g/mol. The molecule has 0 aliphatic rings. The van der Waals surface area contributed by atoms with E-state index in [1.165, 1.54) is 0 Å². The number of benzene rings is 1. The molecule has 0 aliphatic carbocycles. The minimum absolute atomic E-state index is 0.0139. The molecule has 0 bridgehead atoms. The van der Waals surface area contributed by atoms with Crippen molar-refractivity contribution in [1.29, 1.82) is 5.41 Å². The molecule has 0 radical (unpaired) electrons. The Balaban J connectivity index is 2.24. The highest BCUT2D eigenvalue weighted by molar-refractivity contribution is 5.80. The molecule has 2 rings (SSSR count). The summed E-state index contributed by atoms with van der Waals surface area (Å²) in [5.74, 6) is 0.171. The number of anilines is 1. The van der Waals surface area contributed by atoms with E-state index < -0.39 is 0 Å². The van der Waals surface area contributed by atoms with Gasteiger partial charge in [0, 0.05) is 19.0 Å². The molecule has 5 heteroatoms. The third-order valence-electron chi connectivity index (χ3n) is 2.96. The fourth-order valence-corrected chi connectivity index (χ4v) is 1.77. The molecule has 1 unspecified atom stereocenters. The SMILES string of the molecule is CCN(CC(C)C(=N)N)c1nc2ccccc2o1. The Kier molecular flexibility index (Phi) is 3.50. The van der Waals surface area contributed by atoms with E-state index in [9.17, 15) is 0 Å². The molecule has 0 fully saturated rings. The van der Waals surface area contributed by atoms with E-state index in [0.29, 0.717) is 12.6 Å². The summed E-state index contributed by atoms with van der Waals surface area (Å²) in [4.78, 5) is 6.44. The molecule has 96 valence electrons. The number of rotatable bonds is 5. The quantitative estimate of drug-likeness (QED) is 0.626. The van der Waals surface area contributed by atoms with Gasteiger partial charge in [-0.3, -0.25) is 5.41 Å². The van der Waals surface area contributed by atoms with Crippen LogP contribution in [0.15, 0.2) is 28.7 Å². The summed E-state index contributed by atoms with van der Waals surface area (Å²) in [5.41, 5.74) is 7.13. The topological polar surface area (TPSA) is 79.1 Å². The van der Waals surface area contributed by atoms with Crippen LogP contribution >= 0.6 is 0 Å². The molecule has 1 aromatic heterocycles. The number of nitrogens with one attached hydrogen (secondary N) is 1. The molecule has 5 nitrogen and oxygen atoms in total. The van der Waals surface area contributed by atoms with E-state index in [2.05, 4.69) is 4.98 Å². The van der Waals surface area contributed by atoms with Gasteiger partial charge >= 0.3 is 0 Å². The van der Waals surface area contributed by atoms with Gasteiger partial charge in [-0.05, 0) is 19.1 Å². The highest BCUT2D eigenvalue weighted by Crippen LogP contribution is 2.22. The minimum Gasteiger partial charge on any atom is -0.423 e. The second-order valence-electron chi connectivity index (χ2n) is 4.36. The Bertz CT molecular complexity index is 516. The van der Waals surface area contributed by atoms with Crippen LogP contribution in [0, 0.1) is 11.3 Å². The number of oxazole rings is 1. The number of fused-ring (bicyclic) bond motifs is 1. The Morgan fingerprint density at radius 3 is 2.83 bits per heavy atom. The van der Waals surface area contributed by atoms with Crippen LogP contribution in [0.25, 0.3) is 11.1 Å². The number of aromatic nitrogens is 1. The molecule has 0 spiro atoms. The lowest BCUT2D eigenvalue weighted by Gasteiger charge is -2.21. The average Bonchev–Trinajstić information content (AvgIpc) is 2.78. The first-order valence-corrected chi connectivity index (χ1v) is 6.06. The van der Waals surface area contributed by atoms with Crippen LogP contribution in [0.3, 0.4) is 0 Å². The maximum atomic E-state index is 7.44. The molecular formula is C13H18N4O. The number of hydrogen-bond donors (Lipinski definition) is 2. The Morgan fingerprint density at radius 2 is 2.22 bits per heavy atom. The largest absolute Gasteiger partial charge is 0.423 e. The van der Waals surface area contributed by atoms with Crippen molar-refractivity contribution in [2.45, 2.75) is 13.8 Å². The molecular weight excluding hydrogens is 228 g/mol. The molecule has 1 heterocycles. The molecule has 1 atom stereocenters. The van der Waals surface area contributed by atoms with Crippen molar-refractivity contribution in [3.8, 4) is 0 Å². The van der Waals surface area contributed by atoms with Gasteiger partial charge in [0.1, 0.15) is 5.52 Å². The number of amidine groups is 1. The smallest absolute Gasteiger partial charge is 0.298 e. The molecule has 0 saturated heterocycles. The van der Waals surface area contributed by atoms with E-state index in [-0.39, 0.29) is 11.8 Å². The zero-order chi connectivity index (χ0) is 13.1. The fraction of sp³-hybridized carbons (Fsp3) is 0.385. The second kappa shape index (κ2) is 5.08. The normalized spacial score (nSPS) is 12.6. The Hall–Kier alpha value is -2.04. The van der Waals surface area contributed by atoms with Crippen molar-refractivity contribution in [2.24, 2.45) is 11.7 Å². The first-order chi connectivity index (χ1) is 8.61. The van der Waals surface area contributed by atoms with E-state index in [1.807, 2.05) is 43.0 Å². The lowest BCUT2D eigenvalue weighted by molar-refractivity contribution is 0.555. The zero-order valence-electron chi connectivity index (χ0n) is 10.7. The first kappa shape index (κ1) is 12.4. The Morgan fingerprint density at radius 1 is 1.50 bits per heavy atom. The van der Waals surface area contributed by atoms with Gasteiger partial charge in [0.05, 0.1) is 5.84 Å². The summed E-state index contributed by atoms with van der Waals surface area (Å²) in [5, 5.41) is 7.44. The number of nitrogens with zero attached hydrogens (tertiary/aromatic N) is 2. The van der Waals surface area contributed by atoms with Gasteiger partial charge in [-0.2, -0.15) is 4.98 Å². The third-order valence-corrected chi connectivity index (χ3v) is 2.96. The van der Waals surface area contributed by atoms with E-state index in [0.717, 1.165) is 17.6 Å². The predicted octanol–water partition coefficient (Wildman–Crippen LogP) is 2.23. The summed E-state index contributed by atoms with van der Waals surface area (Å²) in [6.45, 7) is 5.36. The van der Waals surface area contributed by atoms with Crippen LogP contribution < -0.4 is 10.6 Å². The highest BCUT2D eigenvalue weighted by atomic mass is 16.4. The summed E-state index contributed by atoms with van der Waals surface area (Å²) >= 11 is 0. The molecule has 1 aromatic carbocycles. The van der Waals surface area contributed by atoms with Crippen LogP contribution in [0.2, 0.25) is 0 Å². The van der Waals surface area contributed by atoms with Gasteiger partial charge in [-0.1, -0.05) is 19.1 Å². The molecule has 3 N–H and O–H groups in total.